The second kappa shape index (κ2) is 7.00. The van der Waals surface area contributed by atoms with Crippen LogP contribution in [0, 0.1) is 22.5 Å². The molecule has 0 heterocycles. The number of benzene rings is 1. The van der Waals surface area contributed by atoms with Crippen LogP contribution < -0.4 is 5.32 Å². The molecule has 1 rings (SSSR count). The van der Waals surface area contributed by atoms with E-state index < -0.39 is 4.92 Å². The van der Waals surface area contributed by atoms with E-state index in [1.54, 1.807) is 12.1 Å². The van der Waals surface area contributed by atoms with Gasteiger partial charge in [0.15, 0.2) is 0 Å². The summed E-state index contributed by atoms with van der Waals surface area (Å²) in [5, 5.41) is 14.5. The smallest absolute Gasteiger partial charge is 0.275 e. The third kappa shape index (κ3) is 4.02. The normalized spacial score (nSPS) is 11.8. The van der Waals surface area contributed by atoms with Crippen LogP contribution in [0.2, 0.25) is 5.02 Å². The Morgan fingerprint density at radius 3 is 2.89 bits per heavy atom. The van der Waals surface area contributed by atoms with Gasteiger partial charge in [0.05, 0.1) is 4.92 Å². The zero-order valence-electron chi connectivity index (χ0n) is 10.1. The Hall–Kier alpha value is -1.57. The molecule has 1 N–H and O–H groups in total. The Bertz CT molecular complexity index is 469. The highest BCUT2D eigenvalue weighted by Gasteiger charge is 2.15. The monoisotopic (exact) mass is 266 g/mol. The van der Waals surface area contributed by atoms with Crippen LogP contribution in [0.15, 0.2) is 18.2 Å². The summed E-state index contributed by atoms with van der Waals surface area (Å²) in [5.41, 5.74) is 0.644. The van der Waals surface area contributed by atoms with E-state index in [1.807, 2.05) is 6.92 Å². The molecule has 4 nitrogen and oxygen atoms in total. The SMILES string of the molecule is C#CCC(CC)NCc1ccc(Cl)cc1[N+](=O)[O-]. The maximum atomic E-state index is 10.9. The highest BCUT2D eigenvalue weighted by Crippen LogP contribution is 2.23. The molecule has 96 valence electrons. The molecule has 1 unspecified atom stereocenters. The standard InChI is InChI=1S/C13H15ClN2O2/c1-3-5-12(4-2)15-9-10-6-7-11(14)8-13(10)16(17)18/h1,6-8,12,15H,4-5,9H2,2H3. The van der Waals surface area contributed by atoms with Gasteiger partial charge in [-0.1, -0.05) is 18.5 Å². The number of rotatable bonds is 6. The fourth-order valence-electron chi connectivity index (χ4n) is 1.61. The lowest BCUT2D eigenvalue weighted by atomic mass is 10.1. The first-order valence-corrected chi connectivity index (χ1v) is 6.06. The van der Waals surface area contributed by atoms with Crippen LogP contribution in [0.3, 0.4) is 0 Å². The second-order valence-electron chi connectivity index (χ2n) is 3.92. The zero-order chi connectivity index (χ0) is 13.5. The third-order valence-electron chi connectivity index (χ3n) is 2.68. The maximum absolute atomic E-state index is 10.9. The highest BCUT2D eigenvalue weighted by molar-refractivity contribution is 6.30. The van der Waals surface area contributed by atoms with Gasteiger partial charge in [-0.25, -0.2) is 0 Å². The summed E-state index contributed by atoms with van der Waals surface area (Å²) in [6.45, 7) is 2.43. The summed E-state index contributed by atoms with van der Waals surface area (Å²) in [6, 6.07) is 4.84. The van der Waals surface area contributed by atoms with Crippen molar-refractivity contribution in [3.8, 4) is 12.3 Å². The van der Waals surface area contributed by atoms with E-state index in [-0.39, 0.29) is 11.7 Å². The first-order valence-electron chi connectivity index (χ1n) is 5.68. The van der Waals surface area contributed by atoms with Crippen molar-refractivity contribution in [2.45, 2.75) is 32.4 Å². The molecule has 0 saturated heterocycles. The summed E-state index contributed by atoms with van der Waals surface area (Å²) >= 11 is 5.75. The van der Waals surface area contributed by atoms with Crippen molar-refractivity contribution in [3.63, 3.8) is 0 Å². The van der Waals surface area contributed by atoms with Crippen LogP contribution in [-0.4, -0.2) is 11.0 Å². The molecule has 5 heteroatoms. The van der Waals surface area contributed by atoms with Gasteiger partial charge < -0.3 is 5.32 Å². The van der Waals surface area contributed by atoms with Crippen LogP contribution in [0.1, 0.15) is 25.3 Å². The van der Waals surface area contributed by atoms with Crippen molar-refractivity contribution in [1.29, 1.82) is 0 Å². The fourth-order valence-corrected chi connectivity index (χ4v) is 1.78. The van der Waals surface area contributed by atoms with E-state index >= 15 is 0 Å². The molecule has 0 spiro atoms. The van der Waals surface area contributed by atoms with E-state index in [0.29, 0.717) is 23.6 Å². The molecule has 0 radical (unpaired) electrons. The van der Waals surface area contributed by atoms with Gasteiger partial charge in [0.2, 0.25) is 0 Å². The van der Waals surface area contributed by atoms with Gasteiger partial charge in [0.25, 0.3) is 5.69 Å². The summed E-state index contributed by atoms with van der Waals surface area (Å²) < 4.78 is 0. The van der Waals surface area contributed by atoms with Crippen molar-refractivity contribution in [3.05, 3.63) is 38.9 Å². The minimum Gasteiger partial charge on any atom is -0.309 e. The lowest BCUT2D eigenvalue weighted by Crippen LogP contribution is -2.27. The zero-order valence-corrected chi connectivity index (χ0v) is 10.9. The van der Waals surface area contributed by atoms with Gasteiger partial charge in [-0.2, -0.15) is 0 Å². The number of nitrogens with zero attached hydrogens (tertiary/aromatic N) is 1. The van der Waals surface area contributed by atoms with Crippen LogP contribution in [0.4, 0.5) is 5.69 Å². The number of nitro groups is 1. The average molecular weight is 267 g/mol. The Labute approximate surface area is 111 Å². The van der Waals surface area contributed by atoms with Crippen LogP contribution in [-0.2, 0) is 6.54 Å². The molecular formula is C13H15ClN2O2. The molecule has 1 atom stereocenters. The number of halogens is 1. The van der Waals surface area contributed by atoms with Crippen molar-refractivity contribution >= 4 is 17.3 Å². The number of hydrogen-bond donors (Lipinski definition) is 1. The second-order valence-corrected chi connectivity index (χ2v) is 4.36. The van der Waals surface area contributed by atoms with Crippen LogP contribution in [0.5, 0.6) is 0 Å². The Morgan fingerprint density at radius 1 is 1.61 bits per heavy atom. The quantitative estimate of drug-likeness (QED) is 0.489. The molecule has 18 heavy (non-hydrogen) atoms. The van der Waals surface area contributed by atoms with Crippen molar-refractivity contribution in [2.24, 2.45) is 0 Å². The molecule has 0 bridgehead atoms. The van der Waals surface area contributed by atoms with E-state index in [9.17, 15) is 10.1 Å². The topological polar surface area (TPSA) is 55.2 Å². The molecule has 0 amide bonds. The van der Waals surface area contributed by atoms with E-state index in [2.05, 4.69) is 11.2 Å². The van der Waals surface area contributed by atoms with Crippen LogP contribution >= 0.6 is 11.6 Å². The Balaban J connectivity index is 2.78. The molecule has 1 aromatic carbocycles. The summed E-state index contributed by atoms with van der Waals surface area (Å²) in [7, 11) is 0. The molecule has 0 aliphatic heterocycles. The Morgan fingerprint density at radius 2 is 2.33 bits per heavy atom. The molecule has 0 fully saturated rings. The fraction of sp³-hybridized carbons (Fsp3) is 0.385. The number of terminal acetylenes is 1. The summed E-state index contributed by atoms with van der Waals surface area (Å²) in [5.74, 6) is 2.58. The van der Waals surface area contributed by atoms with Gasteiger partial charge in [-0.15, -0.1) is 12.3 Å². The molecule has 0 aliphatic rings. The van der Waals surface area contributed by atoms with Crippen LogP contribution in [0.25, 0.3) is 0 Å². The number of hydrogen-bond acceptors (Lipinski definition) is 3. The summed E-state index contributed by atoms with van der Waals surface area (Å²) in [6.07, 6.45) is 6.75. The van der Waals surface area contributed by atoms with Crippen molar-refractivity contribution in [2.75, 3.05) is 0 Å². The predicted octanol–water partition coefficient (Wildman–Crippen LogP) is 3.14. The van der Waals surface area contributed by atoms with E-state index in [1.165, 1.54) is 6.07 Å². The van der Waals surface area contributed by atoms with Gasteiger partial charge >= 0.3 is 0 Å². The lowest BCUT2D eigenvalue weighted by Gasteiger charge is -2.14. The minimum absolute atomic E-state index is 0.0329. The van der Waals surface area contributed by atoms with Crippen molar-refractivity contribution < 1.29 is 4.92 Å². The number of nitrogens with one attached hydrogen (secondary N) is 1. The largest absolute Gasteiger partial charge is 0.309 e. The van der Waals surface area contributed by atoms with Gasteiger partial charge in [0, 0.05) is 35.7 Å². The van der Waals surface area contributed by atoms with Gasteiger partial charge in [0.1, 0.15) is 0 Å². The molecule has 0 aromatic heterocycles. The number of nitro benzene ring substituents is 1. The van der Waals surface area contributed by atoms with E-state index in [0.717, 1.165) is 6.42 Å². The molecule has 1 aromatic rings. The van der Waals surface area contributed by atoms with Crippen molar-refractivity contribution in [1.82, 2.24) is 5.32 Å². The Kier molecular flexibility index (Phi) is 5.63. The predicted molar refractivity (Wildman–Crippen MR) is 72.5 cm³/mol. The van der Waals surface area contributed by atoms with Gasteiger partial charge in [-0.3, -0.25) is 10.1 Å². The molecule has 0 aliphatic carbocycles. The molecule has 0 saturated carbocycles. The first-order chi connectivity index (χ1) is 8.58. The average Bonchev–Trinajstić information content (AvgIpc) is 2.35. The minimum atomic E-state index is -0.426. The lowest BCUT2D eigenvalue weighted by molar-refractivity contribution is -0.385. The van der Waals surface area contributed by atoms with Gasteiger partial charge in [-0.05, 0) is 18.6 Å². The summed E-state index contributed by atoms with van der Waals surface area (Å²) in [4.78, 5) is 10.5. The third-order valence-corrected chi connectivity index (χ3v) is 2.92. The van der Waals surface area contributed by atoms with E-state index in [4.69, 9.17) is 18.0 Å². The maximum Gasteiger partial charge on any atom is 0.275 e. The highest BCUT2D eigenvalue weighted by atomic mass is 35.5. The molecular weight excluding hydrogens is 252 g/mol. The first kappa shape index (κ1) is 14.5.